The van der Waals surface area contributed by atoms with Crippen LogP contribution in [0.4, 0.5) is 0 Å². The van der Waals surface area contributed by atoms with E-state index in [1.54, 1.807) is 18.2 Å². The highest BCUT2D eigenvalue weighted by molar-refractivity contribution is 7.90. The quantitative estimate of drug-likeness (QED) is 0.251. The molecule has 0 aromatic heterocycles. The van der Waals surface area contributed by atoms with Gasteiger partial charge in [0.05, 0.1) is 11.5 Å². The van der Waals surface area contributed by atoms with Crippen LogP contribution in [0.15, 0.2) is 42.5 Å². The van der Waals surface area contributed by atoms with Gasteiger partial charge in [0.1, 0.15) is 15.9 Å². The van der Waals surface area contributed by atoms with Crippen molar-refractivity contribution in [1.29, 1.82) is 0 Å². The van der Waals surface area contributed by atoms with E-state index in [1.165, 1.54) is 23.6 Å². The SMILES string of the molecule is Cc1ccccc1-c1cc(CN(CCC2CCCCC2)S(=O)(=O)CCCN)ccc1C(=O)NC(CCS(C)(=O)=O)C(=O)O. The summed E-state index contributed by atoms with van der Waals surface area (Å²) >= 11 is 0. The summed E-state index contributed by atoms with van der Waals surface area (Å²) in [4.78, 5) is 25.3. The molecule has 0 saturated heterocycles. The molecule has 1 atom stereocenters. The molecule has 4 N–H and O–H groups in total. The first-order valence-electron chi connectivity index (χ1n) is 14.9. The number of hydrogen-bond donors (Lipinski definition) is 3. The Morgan fingerprint density at radius 1 is 1.02 bits per heavy atom. The lowest BCUT2D eigenvalue weighted by Gasteiger charge is -2.27. The van der Waals surface area contributed by atoms with Gasteiger partial charge in [0.2, 0.25) is 10.0 Å². The predicted molar refractivity (Wildman–Crippen MR) is 169 cm³/mol. The van der Waals surface area contributed by atoms with Crippen LogP contribution in [0, 0.1) is 12.8 Å². The van der Waals surface area contributed by atoms with Crippen molar-refractivity contribution in [3.8, 4) is 11.1 Å². The third-order valence-corrected chi connectivity index (χ3v) is 10.9. The van der Waals surface area contributed by atoms with Gasteiger partial charge in [-0.3, -0.25) is 4.79 Å². The van der Waals surface area contributed by atoms with Crippen LogP contribution in [0.5, 0.6) is 0 Å². The molecule has 1 aliphatic carbocycles. The van der Waals surface area contributed by atoms with E-state index in [2.05, 4.69) is 5.32 Å². The van der Waals surface area contributed by atoms with Crippen molar-refractivity contribution in [3.63, 3.8) is 0 Å². The molecule has 2 aromatic carbocycles. The van der Waals surface area contributed by atoms with Gasteiger partial charge in [-0.15, -0.1) is 0 Å². The maximum atomic E-state index is 13.4. The molecule has 1 aliphatic rings. The first-order chi connectivity index (χ1) is 20.3. The molecule has 0 radical (unpaired) electrons. The summed E-state index contributed by atoms with van der Waals surface area (Å²) in [5, 5.41) is 12.1. The Morgan fingerprint density at radius 2 is 1.72 bits per heavy atom. The number of rotatable bonds is 16. The van der Waals surface area contributed by atoms with Crippen LogP contribution < -0.4 is 11.1 Å². The van der Waals surface area contributed by atoms with Crippen molar-refractivity contribution in [2.24, 2.45) is 11.7 Å². The molecule has 0 spiro atoms. The van der Waals surface area contributed by atoms with E-state index in [-0.39, 0.29) is 36.6 Å². The number of nitrogens with one attached hydrogen (secondary N) is 1. The second-order valence-corrected chi connectivity index (χ2v) is 15.9. The maximum Gasteiger partial charge on any atom is 0.326 e. The number of sulfone groups is 1. The molecule has 0 aliphatic heterocycles. The third-order valence-electron chi connectivity index (χ3n) is 8.01. The summed E-state index contributed by atoms with van der Waals surface area (Å²) < 4.78 is 51.5. The zero-order valence-corrected chi connectivity index (χ0v) is 26.8. The summed E-state index contributed by atoms with van der Waals surface area (Å²) in [7, 11) is -7.01. The number of hydrogen-bond acceptors (Lipinski definition) is 7. The molecule has 0 heterocycles. The Labute approximate surface area is 256 Å². The van der Waals surface area contributed by atoms with Crippen LogP contribution in [0.1, 0.15) is 72.9 Å². The van der Waals surface area contributed by atoms with Gasteiger partial charge in [0, 0.05) is 24.9 Å². The van der Waals surface area contributed by atoms with Gasteiger partial charge in [-0.05, 0) is 73.0 Å². The van der Waals surface area contributed by atoms with Gasteiger partial charge in [-0.25, -0.2) is 21.6 Å². The van der Waals surface area contributed by atoms with E-state index in [9.17, 15) is 31.5 Å². The Hall–Kier alpha value is -2.80. The Kier molecular flexibility index (Phi) is 12.7. The number of carbonyl (C=O) groups excluding carboxylic acids is 1. The number of carboxylic acids is 1. The van der Waals surface area contributed by atoms with Gasteiger partial charge >= 0.3 is 5.97 Å². The van der Waals surface area contributed by atoms with Crippen molar-refractivity contribution in [3.05, 3.63) is 59.2 Å². The van der Waals surface area contributed by atoms with E-state index >= 15 is 0 Å². The lowest BCUT2D eigenvalue weighted by molar-refractivity contribution is -0.139. The molecule has 1 unspecified atom stereocenters. The number of sulfonamides is 1. The normalized spacial score (nSPS) is 15.3. The minimum Gasteiger partial charge on any atom is -0.480 e. The first-order valence-corrected chi connectivity index (χ1v) is 18.6. The Bertz CT molecular complexity index is 1470. The van der Waals surface area contributed by atoms with Crippen LogP contribution in [0.2, 0.25) is 0 Å². The highest BCUT2D eigenvalue weighted by atomic mass is 32.2. The van der Waals surface area contributed by atoms with E-state index in [4.69, 9.17) is 5.73 Å². The van der Waals surface area contributed by atoms with Crippen molar-refractivity contribution in [2.75, 3.05) is 30.9 Å². The van der Waals surface area contributed by atoms with Crippen LogP contribution in [0.3, 0.4) is 0 Å². The molecule has 0 bridgehead atoms. The lowest BCUT2D eigenvalue weighted by atomic mass is 9.87. The molecule has 1 amide bonds. The fourth-order valence-electron chi connectivity index (χ4n) is 5.53. The smallest absolute Gasteiger partial charge is 0.326 e. The van der Waals surface area contributed by atoms with Gasteiger partial charge < -0.3 is 16.2 Å². The van der Waals surface area contributed by atoms with E-state index < -0.39 is 37.8 Å². The van der Waals surface area contributed by atoms with Crippen LogP contribution in [0.25, 0.3) is 11.1 Å². The molecule has 1 fully saturated rings. The minimum absolute atomic E-state index is 0.0383. The van der Waals surface area contributed by atoms with Crippen molar-refractivity contribution in [1.82, 2.24) is 9.62 Å². The molecule has 10 nitrogen and oxygen atoms in total. The summed E-state index contributed by atoms with van der Waals surface area (Å²) in [5.41, 5.74) is 8.70. The van der Waals surface area contributed by atoms with E-state index in [0.29, 0.717) is 30.0 Å². The average Bonchev–Trinajstić information content (AvgIpc) is 2.96. The monoisotopic (exact) mass is 635 g/mol. The van der Waals surface area contributed by atoms with E-state index in [0.717, 1.165) is 36.6 Å². The maximum absolute atomic E-state index is 13.4. The number of nitrogens with zero attached hydrogens (tertiary/aromatic N) is 1. The van der Waals surface area contributed by atoms with E-state index in [1.807, 2.05) is 31.2 Å². The molecular formula is C31H45N3O7S2. The zero-order chi connectivity index (χ0) is 31.6. The number of carbonyl (C=O) groups is 2. The molecular weight excluding hydrogens is 590 g/mol. The standard InChI is InChI=1S/C31H45N3O7S2/c1-23-9-6-7-12-26(23)28-21-25(13-14-27(28)30(35)33-29(31(36)37)16-20-42(2,38)39)22-34(43(40,41)19-8-17-32)18-15-24-10-4-3-5-11-24/h6-7,9,12-14,21,24,29H,3-5,8,10-11,15-20,22,32H2,1-2H3,(H,33,35)(H,36,37). The number of benzene rings is 2. The fourth-order valence-corrected chi connectivity index (χ4v) is 7.71. The second-order valence-electron chi connectivity index (χ2n) is 11.6. The summed E-state index contributed by atoms with van der Waals surface area (Å²) in [6.07, 6.45) is 7.68. The van der Waals surface area contributed by atoms with Crippen LogP contribution >= 0.6 is 0 Å². The second kappa shape index (κ2) is 15.8. The highest BCUT2D eigenvalue weighted by Crippen LogP contribution is 2.30. The van der Waals surface area contributed by atoms with Crippen LogP contribution in [-0.4, -0.2) is 75.0 Å². The largest absolute Gasteiger partial charge is 0.480 e. The summed E-state index contributed by atoms with van der Waals surface area (Å²) in [6.45, 7) is 2.70. The third kappa shape index (κ3) is 10.7. The molecule has 2 aromatic rings. The topological polar surface area (TPSA) is 164 Å². The van der Waals surface area contributed by atoms with Crippen molar-refractivity contribution in [2.45, 2.75) is 70.9 Å². The van der Waals surface area contributed by atoms with Crippen molar-refractivity contribution >= 4 is 31.7 Å². The summed E-state index contributed by atoms with van der Waals surface area (Å²) in [5.74, 6) is -1.91. The predicted octanol–water partition coefficient (Wildman–Crippen LogP) is 3.73. The lowest BCUT2D eigenvalue weighted by Crippen LogP contribution is -2.42. The first kappa shape index (κ1) is 34.7. The van der Waals surface area contributed by atoms with Gasteiger partial charge in [0.25, 0.3) is 5.91 Å². The molecule has 12 heteroatoms. The molecule has 1 saturated carbocycles. The Balaban J connectivity index is 1.95. The number of carboxylic acid groups (broad SMARTS) is 1. The average molecular weight is 636 g/mol. The van der Waals surface area contributed by atoms with Crippen LogP contribution in [-0.2, 0) is 31.2 Å². The Morgan fingerprint density at radius 3 is 2.35 bits per heavy atom. The zero-order valence-electron chi connectivity index (χ0n) is 25.1. The van der Waals surface area contributed by atoms with Gasteiger partial charge in [-0.2, -0.15) is 4.31 Å². The number of amides is 1. The van der Waals surface area contributed by atoms with Gasteiger partial charge in [0.15, 0.2) is 0 Å². The highest BCUT2D eigenvalue weighted by Gasteiger charge is 2.27. The molecule has 43 heavy (non-hydrogen) atoms. The van der Waals surface area contributed by atoms with Gasteiger partial charge in [-0.1, -0.05) is 62.4 Å². The molecule has 3 rings (SSSR count). The number of nitrogens with two attached hydrogens (primary N) is 1. The number of aliphatic carboxylic acids is 1. The minimum atomic E-state index is -3.58. The molecule has 238 valence electrons. The fraction of sp³-hybridized carbons (Fsp3) is 0.548. The summed E-state index contributed by atoms with van der Waals surface area (Å²) in [6, 6.07) is 11.1. The number of aryl methyl sites for hydroxylation is 1. The van der Waals surface area contributed by atoms with Crippen molar-refractivity contribution < 1.29 is 31.5 Å².